The maximum atomic E-state index is 5.74. The van der Waals surface area contributed by atoms with Gasteiger partial charge in [0.25, 0.3) is 0 Å². The molecule has 0 radical (unpaired) electrons. The van der Waals surface area contributed by atoms with Crippen molar-refractivity contribution in [2.24, 2.45) is 0 Å². The van der Waals surface area contributed by atoms with Crippen LogP contribution in [-0.4, -0.2) is 9.97 Å². The van der Waals surface area contributed by atoms with Crippen LogP contribution < -0.4 is 0 Å². The van der Waals surface area contributed by atoms with Gasteiger partial charge in [-0.2, -0.15) is 0 Å². The first-order valence-electron chi connectivity index (χ1n) is 9.58. The molecule has 0 amide bonds. The summed E-state index contributed by atoms with van der Waals surface area (Å²) in [6, 6.07) is 8.72. The predicted octanol–water partition coefficient (Wildman–Crippen LogP) is 6.74. The van der Waals surface area contributed by atoms with E-state index in [1.54, 1.807) is 24.9 Å². The first-order valence-corrected chi connectivity index (χ1v) is 9.58. The van der Waals surface area contributed by atoms with Gasteiger partial charge in [-0.3, -0.25) is 0 Å². The van der Waals surface area contributed by atoms with Crippen LogP contribution in [-0.2, 0) is 10.8 Å². The summed E-state index contributed by atoms with van der Waals surface area (Å²) in [4.78, 5) is 8.94. The van der Waals surface area contributed by atoms with Crippen molar-refractivity contribution in [3.8, 4) is 22.9 Å². The van der Waals surface area contributed by atoms with Gasteiger partial charge in [0.1, 0.15) is 12.5 Å². The lowest BCUT2D eigenvalue weighted by Gasteiger charge is -2.26. The number of aromatic nitrogens is 2. The Hall–Kier alpha value is -2.88. The molecule has 2 heterocycles. The highest BCUT2D eigenvalue weighted by Crippen LogP contribution is 2.43. The van der Waals surface area contributed by atoms with Gasteiger partial charge in [0.15, 0.2) is 0 Å². The second-order valence-corrected chi connectivity index (χ2v) is 9.25. The smallest absolute Gasteiger partial charge is 0.226 e. The fraction of sp³-hybridized carbons (Fsp3) is 0.333. The van der Waals surface area contributed by atoms with E-state index in [1.165, 1.54) is 11.1 Å². The molecule has 0 N–H and O–H groups in total. The summed E-state index contributed by atoms with van der Waals surface area (Å²) in [7, 11) is 0. The highest BCUT2D eigenvalue weighted by Gasteiger charge is 2.27. The van der Waals surface area contributed by atoms with E-state index in [-0.39, 0.29) is 10.8 Å². The Morgan fingerprint density at radius 1 is 0.607 bits per heavy atom. The van der Waals surface area contributed by atoms with E-state index in [9.17, 15) is 0 Å². The zero-order chi connectivity index (χ0) is 20.1. The summed E-state index contributed by atoms with van der Waals surface area (Å²) in [5.41, 5.74) is 4.35. The quantitative estimate of drug-likeness (QED) is 0.389. The van der Waals surface area contributed by atoms with Gasteiger partial charge < -0.3 is 8.83 Å². The Bertz CT molecular complexity index is 1020. The molecule has 4 heteroatoms. The van der Waals surface area contributed by atoms with Crippen LogP contribution in [0.5, 0.6) is 0 Å². The molecule has 0 unspecified atom stereocenters. The lowest BCUT2D eigenvalue weighted by Crippen LogP contribution is -2.15. The van der Waals surface area contributed by atoms with Crippen molar-refractivity contribution in [3.63, 3.8) is 0 Å². The minimum atomic E-state index is -0.0518. The Labute approximate surface area is 165 Å². The fourth-order valence-electron chi connectivity index (χ4n) is 3.81. The lowest BCUT2D eigenvalue weighted by atomic mass is 9.78. The molecule has 0 aliphatic carbocycles. The van der Waals surface area contributed by atoms with E-state index in [1.807, 2.05) is 0 Å². The second kappa shape index (κ2) is 6.33. The number of hydrogen-bond donors (Lipinski definition) is 0. The summed E-state index contributed by atoms with van der Waals surface area (Å²) in [6.45, 7) is 13.2. The fourth-order valence-corrected chi connectivity index (χ4v) is 3.81. The normalized spacial score (nSPS) is 12.6. The summed E-state index contributed by atoms with van der Waals surface area (Å²) in [5, 5.41) is 2.19. The molecule has 0 saturated carbocycles. The first-order chi connectivity index (χ1) is 13.2. The third kappa shape index (κ3) is 3.03. The van der Waals surface area contributed by atoms with Crippen LogP contribution in [0.3, 0.4) is 0 Å². The summed E-state index contributed by atoms with van der Waals surface area (Å²) >= 11 is 0. The number of hydrogen-bond acceptors (Lipinski definition) is 4. The summed E-state index contributed by atoms with van der Waals surface area (Å²) in [6.07, 6.45) is 6.64. The van der Waals surface area contributed by atoms with E-state index in [2.05, 4.69) is 75.8 Å². The van der Waals surface area contributed by atoms with Crippen molar-refractivity contribution < 1.29 is 8.83 Å². The Morgan fingerprint density at radius 2 is 1.00 bits per heavy atom. The van der Waals surface area contributed by atoms with Crippen LogP contribution in [0.2, 0.25) is 0 Å². The molecule has 0 saturated heterocycles. The highest BCUT2D eigenvalue weighted by atomic mass is 16.3. The summed E-state index contributed by atoms with van der Waals surface area (Å²) < 4.78 is 11.5. The molecule has 0 aliphatic rings. The molecule has 4 rings (SSSR count). The van der Waals surface area contributed by atoms with Crippen molar-refractivity contribution in [3.05, 3.63) is 60.3 Å². The van der Waals surface area contributed by atoms with Gasteiger partial charge in [0.05, 0.1) is 12.4 Å². The number of benzene rings is 2. The minimum Gasteiger partial charge on any atom is -0.444 e. The average molecular weight is 374 g/mol. The molecule has 144 valence electrons. The van der Waals surface area contributed by atoms with Crippen LogP contribution in [0.1, 0.15) is 52.7 Å². The van der Waals surface area contributed by atoms with Crippen molar-refractivity contribution in [1.82, 2.24) is 9.97 Å². The Morgan fingerprint density at radius 3 is 1.29 bits per heavy atom. The van der Waals surface area contributed by atoms with E-state index >= 15 is 0 Å². The van der Waals surface area contributed by atoms with Crippen molar-refractivity contribution in [1.29, 1.82) is 0 Å². The zero-order valence-electron chi connectivity index (χ0n) is 17.3. The van der Waals surface area contributed by atoms with E-state index < -0.39 is 0 Å². The van der Waals surface area contributed by atoms with Gasteiger partial charge in [-0.25, -0.2) is 9.97 Å². The van der Waals surface area contributed by atoms with Crippen LogP contribution >= 0.6 is 0 Å². The molecule has 0 fully saturated rings. The van der Waals surface area contributed by atoms with Gasteiger partial charge in [0.2, 0.25) is 11.8 Å². The van der Waals surface area contributed by atoms with Crippen LogP contribution in [0, 0.1) is 0 Å². The first kappa shape index (κ1) is 18.5. The minimum absolute atomic E-state index is 0.0518. The maximum Gasteiger partial charge on any atom is 0.226 e. The van der Waals surface area contributed by atoms with Crippen molar-refractivity contribution in [2.75, 3.05) is 0 Å². The summed E-state index contributed by atoms with van der Waals surface area (Å²) in [5.74, 6) is 1.27. The van der Waals surface area contributed by atoms with Crippen LogP contribution in [0.4, 0.5) is 0 Å². The second-order valence-electron chi connectivity index (χ2n) is 9.25. The van der Waals surface area contributed by atoms with Crippen molar-refractivity contribution >= 4 is 10.8 Å². The molecule has 4 nitrogen and oxygen atoms in total. The standard InChI is InChI=1S/C24H26N2O2/c1-23(2,3)17-9-7-16-15(19(17)21-25-11-13-27-21)8-10-18(24(4,5)6)20(16)22-26-12-14-28-22/h7-14H,1-6H3. The Kier molecular flexibility index (Phi) is 4.18. The van der Waals surface area contributed by atoms with Gasteiger partial charge in [0, 0.05) is 11.1 Å². The zero-order valence-corrected chi connectivity index (χ0v) is 17.3. The number of rotatable bonds is 2. The van der Waals surface area contributed by atoms with Crippen LogP contribution in [0.25, 0.3) is 33.7 Å². The Balaban J connectivity index is 2.16. The van der Waals surface area contributed by atoms with Gasteiger partial charge in [-0.15, -0.1) is 0 Å². The SMILES string of the molecule is CC(C)(C)c1ccc2c(-c3ncco3)c(C(C)(C)C)ccc2c1-c1ncco1. The van der Waals surface area contributed by atoms with Crippen molar-refractivity contribution in [2.45, 2.75) is 52.4 Å². The molecular weight excluding hydrogens is 348 g/mol. The van der Waals surface area contributed by atoms with E-state index in [0.717, 1.165) is 21.9 Å². The molecule has 0 bridgehead atoms. The monoisotopic (exact) mass is 374 g/mol. The molecule has 2 aromatic heterocycles. The highest BCUT2D eigenvalue weighted by molar-refractivity contribution is 6.05. The molecule has 0 atom stereocenters. The van der Waals surface area contributed by atoms with Gasteiger partial charge in [-0.1, -0.05) is 65.8 Å². The lowest BCUT2D eigenvalue weighted by molar-refractivity contribution is 0.560. The molecule has 2 aromatic carbocycles. The topological polar surface area (TPSA) is 52.1 Å². The largest absolute Gasteiger partial charge is 0.444 e. The number of fused-ring (bicyclic) bond motifs is 1. The molecule has 4 aromatic rings. The third-order valence-electron chi connectivity index (χ3n) is 5.11. The molecular formula is C24H26N2O2. The third-order valence-corrected chi connectivity index (χ3v) is 5.11. The molecule has 28 heavy (non-hydrogen) atoms. The van der Waals surface area contributed by atoms with Gasteiger partial charge in [-0.05, 0) is 32.7 Å². The molecule has 0 aliphatic heterocycles. The molecule has 0 spiro atoms. The van der Waals surface area contributed by atoms with E-state index in [4.69, 9.17) is 8.83 Å². The predicted molar refractivity (Wildman–Crippen MR) is 112 cm³/mol. The van der Waals surface area contributed by atoms with Gasteiger partial charge >= 0.3 is 0 Å². The maximum absolute atomic E-state index is 5.74. The van der Waals surface area contributed by atoms with Crippen LogP contribution in [0.15, 0.2) is 58.0 Å². The number of oxazole rings is 2. The number of nitrogens with zero attached hydrogens (tertiary/aromatic N) is 2. The average Bonchev–Trinajstić information content (AvgIpc) is 3.31. The van der Waals surface area contributed by atoms with E-state index in [0.29, 0.717) is 11.8 Å².